The number of piperidine rings is 1. The molecular formula is C23H29N5O2. The highest BCUT2D eigenvalue weighted by atomic mass is 16.1. The minimum absolute atomic E-state index is 0.0107. The first-order chi connectivity index (χ1) is 14.5. The molecule has 1 fully saturated rings. The SMILES string of the molecule is CC(C)n1nc(N2CCCCC2CNC(=O)Cc2c[nH]c3ccccc23)ccc1=O. The van der Waals surface area contributed by atoms with Crippen LogP contribution in [-0.2, 0) is 11.2 Å². The number of nitrogens with one attached hydrogen (secondary N) is 2. The van der Waals surface area contributed by atoms with Gasteiger partial charge in [-0.1, -0.05) is 18.2 Å². The van der Waals surface area contributed by atoms with Crippen LogP contribution in [0.1, 0.15) is 44.7 Å². The molecular weight excluding hydrogens is 378 g/mol. The summed E-state index contributed by atoms with van der Waals surface area (Å²) < 4.78 is 1.52. The molecule has 1 amide bonds. The second kappa shape index (κ2) is 8.73. The minimum Gasteiger partial charge on any atom is -0.361 e. The summed E-state index contributed by atoms with van der Waals surface area (Å²) in [5.74, 6) is 0.823. The Kier molecular flexibility index (Phi) is 5.88. The fourth-order valence-corrected chi connectivity index (χ4v) is 4.20. The van der Waals surface area contributed by atoms with Crippen molar-refractivity contribution >= 4 is 22.6 Å². The summed E-state index contributed by atoms with van der Waals surface area (Å²) in [7, 11) is 0. The predicted octanol–water partition coefficient (Wildman–Crippen LogP) is 3.02. The van der Waals surface area contributed by atoms with Crippen LogP contribution < -0.4 is 15.8 Å². The first-order valence-corrected chi connectivity index (χ1v) is 10.7. The molecule has 0 spiro atoms. The summed E-state index contributed by atoms with van der Waals surface area (Å²) in [4.78, 5) is 30.1. The number of H-pyrrole nitrogens is 1. The number of hydrogen-bond acceptors (Lipinski definition) is 4. The van der Waals surface area contributed by atoms with Crippen LogP contribution in [0.3, 0.4) is 0 Å². The van der Waals surface area contributed by atoms with Crippen LogP contribution in [0, 0.1) is 0 Å². The largest absolute Gasteiger partial charge is 0.361 e. The zero-order chi connectivity index (χ0) is 21.1. The number of hydrogen-bond donors (Lipinski definition) is 2. The standard InChI is InChI=1S/C23H29N5O2/c1-16(2)28-23(30)11-10-21(26-28)27-12-6-5-7-18(27)15-25-22(29)13-17-14-24-20-9-4-3-8-19(17)20/h3-4,8-11,14,16,18,24H,5-7,12-13,15H2,1-2H3,(H,25,29). The van der Waals surface area contributed by atoms with E-state index in [2.05, 4.69) is 20.3 Å². The maximum Gasteiger partial charge on any atom is 0.267 e. The highest BCUT2D eigenvalue weighted by Gasteiger charge is 2.25. The van der Waals surface area contributed by atoms with Gasteiger partial charge in [0.2, 0.25) is 5.91 Å². The number of aromatic nitrogens is 3. The maximum absolute atomic E-state index is 12.6. The molecule has 0 saturated carbocycles. The Morgan fingerprint density at radius 3 is 2.90 bits per heavy atom. The van der Waals surface area contributed by atoms with Gasteiger partial charge < -0.3 is 15.2 Å². The number of nitrogens with zero attached hydrogens (tertiary/aromatic N) is 3. The lowest BCUT2D eigenvalue weighted by atomic mass is 10.0. The van der Waals surface area contributed by atoms with Gasteiger partial charge in [-0.25, -0.2) is 4.68 Å². The number of fused-ring (bicyclic) bond motifs is 1. The van der Waals surface area contributed by atoms with Crippen LogP contribution in [0.25, 0.3) is 10.9 Å². The van der Waals surface area contributed by atoms with E-state index in [0.717, 1.165) is 48.1 Å². The van der Waals surface area contributed by atoms with Gasteiger partial charge in [0.05, 0.1) is 12.5 Å². The Morgan fingerprint density at radius 2 is 2.07 bits per heavy atom. The number of benzene rings is 1. The minimum atomic E-state index is -0.0886. The Hall–Kier alpha value is -3.09. The Labute approximate surface area is 176 Å². The molecule has 2 aromatic heterocycles. The topological polar surface area (TPSA) is 83.0 Å². The number of carbonyl (C=O) groups excluding carboxylic acids is 1. The van der Waals surface area contributed by atoms with Gasteiger partial charge in [-0.15, -0.1) is 0 Å². The van der Waals surface area contributed by atoms with Crippen molar-refractivity contribution in [2.75, 3.05) is 18.0 Å². The Morgan fingerprint density at radius 1 is 1.23 bits per heavy atom. The fourth-order valence-electron chi connectivity index (χ4n) is 4.20. The number of anilines is 1. The predicted molar refractivity (Wildman–Crippen MR) is 119 cm³/mol. The van der Waals surface area contributed by atoms with E-state index in [0.29, 0.717) is 13.0 Å². The van der Waals surface area contributed by atoms with Crippen molar-refractivity contribution in [1.82, 2.24) is 20.1 Å². The molecule has 1 aromatic carbocycles. The zero-order valence-corrected chi connectivity index (χ0v) is 17.6. The van der Waals surface area contributed by atoms with Crippen molar-refractivity contribution in [2.45, 2.75) is 51.6 Å². The zero-order valence-electron chi connectivity index (χ0n) is 17.6. The number of amides is 1. The molecule has 3 aromatic rings. The lowest BCUT2D eigenvalue weighted by Gasteiger charge is -2.37. The quantitative estimate of drug-likeness (QED) is 0.658. The number of aromatic amines is 1. The normalized spacial score (nSPS) is 16.9. The van der Waals surface area contributed by atoms with Crippen LogP contribution in [0.4, 0.5) is 5.82 Å². The molecule has 158 valence electrons. The molecule has 1 atom stereocenters. The van der Waals surface area contributed by atoms with Gasteiger partial charge in [-0.05, 0) is 50.8 Å². The van der Waals surface area contributed by atoms with E-state index in [4.69, 9.17) is 0 Å². The van der Waals surface area contributed by atoms with Crippen molar-refractivity contribution in [1.29, 1.82) is 0 Å². The Balaban J connectivity index is 1.43. The third-order valence-electron chi connectivity index (χ3n) is 5.78. The summed E-state index contributed by atoms with van der Waals surface area (Å²) in [5.41, 5.74) is 1.97. The van der Waals surface area contributed by atoms with Crippen molar-refractivity contribution in [2.24, 2.45) is 0 Å². The van der Waals surface area contributed by atoms with Crippen LogP contribution in [-0.4, -0.2) is 39.8 Å². The van der Waals surface area contributed by atoms with E-state index in [9.17, 15) is 9.59 Å². The summed E-state index contributed by atoms with van der Waals surface area (Å²) >= 11 is 0. The highest BCUT2D eigenvalue weighted by molar-refractivity contribution is 5.88. The average Bonchev–Trinajstić information content (AvgIpc) is 3.15. The molecule has 0 radical (unpaired) electrons. The van der Waals surface area contributed by atoms with Crippen molar-refractivity contribution < 1.29 is 4.79 Å². The fraction of sp³-hybridized carbons (Fsp3) is 0.435. The lowest BCUT2D eigenvalue weighted by Crippen LogP contribution is -2.48. The summed E-state index contributed by atoms with van der Waals surface area (Å²) in [6, 6.07) is 11.6. The van der Waals surface area contributed by atoms with Crippen LogP contribution >= 0.6 is 0 Å². The third kappa shape index (κ3) is 4.25. The lowest BCUT2D eigenvalue weighted by molar-refractivity contribution is -0.120. The van der Waals surface area contributed by atoms with Crippen LogP contribution in [0.5, 0.6) is 0 Å². The van der Waals surface area contributed by atoms with E-state index in [1.165, 1.54) is 4.68 Å². The van der Waals surface area contributed by atoms with Gasteiger partial charge in [0.1, 0.15) is 5.82 Å². The molecule has 1 aliphatic heterocycles. The van der Waals surface area contributed by atoms with E-state index in [-0.39, 0.29) is 23.6 Å². The van der Waals surface area contributed by atoms with Crippen LogP contribution in [0.2, 0.25) is 0 Å². The van der Waals surface area contributed by atoms with E-state index in [1.54, 1.807) is 12.1 Å². The molecule has 2 N–H and O–H groups in total. The van der Waals surface area contributed by atoms with Gasteiger partial charge in [0.15, 0.2) is 0 Å². The molecule has 1 aliphatic rings. The first kappa shape index (κ1) is 20.2. The Bertz CT molecular complexity index is 1080. The maximum atomic E-state index is 12.6. The smallest absolute Gasteiger partial charge is 0.267 e. The molecule has 4 rings (SSSR count). The van der Waals surface area contributed by atoms with E-state index >= 15 is 0 Å². The molecule has 1 unspecified atom stereocenters. The molecule has 30 heavy (non-hydrogen) atoms. The first-order valence-electron chi connectivity index (χ1n) is 10.7. The van der Waals surface area contributed by atoms with Crippen LogP contribution in [0.15, 0.2) is 47.4 Å². The van der Waals surface area contributed by atoms with Crippen molar-refractivity contribution in [3.8, 4) is 0 Å². The second-order valence-electron chi connectivity index (χ2n) is 8.25. The summed E-state index contributed by atoms with van der Waals surface area (Å²) in [5, 5.41) is 8.78. The third-order valence-corrected chi connectivity index (χ3v) is 5.78. The number of para-hydroxylation sites is 1. The summed E-state index contributed by atoms with van der Waals surface area (Å²) in [6.07, 6.45) is 5.48. The van der Waals surface area contributed by atoms with Gasteiger partial charge in [-0.2, -0.15) is 5.10 Å². The van der Waals surface area contributed by atoms with Crippen molar-refractivity contribution in [3.05, 3.63) is 58.5 Å². The number of rotatable bonds is 6. The van der Waals surface area contributed by atoms with Gasteiger partial charge in [-0.3, -0.25) is 9.59 Å². The van der Waals surface area contributed by atoms with E-state index < -0.39 is 0 Å². The van der Waals surface area contributed by atoms with E-state index in [1.807, 2.05) is 44.3 Å². The van der Waals surface area contributed by atoms with Gasteiger partial charge >= 0.3 is 0 Å². The molecule has 7 heteroatoms. The summed E-state index contributed by atoms with van der Waals surface area (Å²) in [6.45, 7) is 5.36. The van der Waals surface area contributed by atoms with Gasteiger partial charge in [0, 0.05) is 42.3 Å². The molecule has 0 aliphatic carbocycles. The molecule has 1 saturated heterocycles. The average molecular weight is 408 g/mol. The number of carbonyl (C=O) groups is 1. The van der Waals surface area contributed by atoms with Gasteiger partial charge in [0.25, 0.3) is 5.56 Å². The highest BCUT2D eigenvalue weighted by Crippen LogP contribution is 2.23. The monoisotopic (exact) mass is 407 g/mol. The molecule has 7 nitrogen and oxygen atoms in total. The van der Waals surface area contributed by atoms with Crippen molar-refractivity contribution in [3.63, 3.8) is 0 Å². The second-order valence-corrected chi connectivity index (χ2v) is 8.25. The molecule has 3 heterocycles. The molecule has 0 bridgehead atoms.